The number of allylic oxidation sites excluding steroid dienone is 1. The number of anilines is 1. The number of aliphatic hydroxyl groups is 2. The molecule has 3 aliphatic rings. The van der Waals surface area contributed by atoms with Crippen LogP contribution in [0.3, 0.4) is 0 Å². The number of nitrogens with zero attached hydrogens (tertiary/aromatic N) is 2. The van der Waals surface area contributed by atoms with Crippen molar-refractivity contribution in [3.63, 3.8) is 0 Å². The highest BCUT2D eigenvalue weighted by Gasteiger charge is 2.65. The third-order valence-corrected chi connectivity index (χ3v) is 12.3. The molecule has 66 heavy (non-hydrogen) atoms. The Bertz CT molecular complexity index is 2160. The van der Waals surface area contributed by atoms with Gasteiger partial charge in [0.25, 0.3) is 0 Å². The van der Waals surface area contributed by atoms with E-state index in [1.807, 2.05) is 57.2 Å². The number of benzene rings is 3. The minimum atomic E-state index is -1.49. The lowest BCUT2D eigenvalue weighted by Gasteiger charge is -2.59. The Morgan fingerprint density at radius 2 is 1.70 bits per heavy atom. The highest BCUT2D eigenvalue weighted by Crippen LogP contribution is 2.62. The number of fused-ring (bicyclic) bond motifs is 2. The van der Waals surface area contributed by atoms with E-state index in [4.69, 9.17) is 43.2 Å². The van der Waals surface area contributed by atoms with E-state index >= 15 is 0 Å². The lowest BCUT2D eigenvalue weighted by atomic mass is 9.55. The molecular weight excluding hydrogens is 847 g/mol. The van der Waals surface area contributed by atoms with Gasteiger partial charge in [-0.2, -0.15) is 0 Å². The molecule has 2 aliphatic carbocycles. The van der Waals surface area contributed by atoms with Gasteiger partial charge in [0.15, 0.2) is 0 Å². The highest BCUT2D eigenvalue weighted by atomic mass is 16.7. The molecule has 0 bridgehead atoms. The van der Waals surface area contributed by atoms with Crippen LogP contribution >= 0.6 is 0 Å². The highest BCUT2D eigenvalue weighted by molar-refractivity contribution is 6.03. The smallest absolute Gasteiger partial charge is 0.417 e. The minimum Gasteiger partial charge on any atom is -0.497 e. The molecule has 1 fully saturated rings. The van der Waals surface area contributed by atoms with Crippen molar-refractivity contribution in [1.29, 1.82) is 0 Å². The first kappa shape index (κ1) is 49.8. The van der Waals surface area contributed by atoms with Crippen LogP contribution < -0.4 is 24.3 Å². The van der Waals surface area contributed by atoms with Gasteiger partial charge in [-0.15, -0.1) is 6.58 Å². The summed E-state index contributed by atoms with van der Waals surface area (Å²) in [5.41, 5.74) is 3.06. The number of unbranched alkanes of at least 4 members (excludes halogenated alkanes) is 2. The normalized spacial score (nSPS) is 22.5. The Balaban J connectivity index is 1.43. The van der Waals surface area contributed by atoms with Crippen molar-refractivity contribution in [1.82, 2.24) is 4.90 Å². The van der Waals surface area contributed by atoms with E-state index in [0.29, 0.717) is 48.1 Å². The monoisotopic (exact) mass is 913 g/mol. The van der Waals surface area contributed by atoms with Gasteiger partial charge in [0.05, 0.1) is 51.4 Å². The molecule has 15 heteroatoms. The van der Waals surface area contributed by atoms with E-state index in [1.165, 1.54) is 12.0 Å². The Morgan fingerprint density at radius 1 is 0.955 bits per heavy atom. The van der Waals surface area contributed by atoms with Crippen LogP contribution in [0.4, 0.5) is 15.3 Å². The zero-order chi connectivity index (χ0) is 47.3. The van der Waals surface area contributed by atoms with Crippen molar-refractivity contribution >= 4 is 23.6 Å². The molecule has 1 heterocycles. The summed E-state index contributed by atoms with van der Waals surface area (Å²) in [6.07, 6.45) is 7.03. The molecule has 6 atom stereocenters. The SMILES string of the molecule is C=CCOC12Oc3ccc(OC(=O)Nc4ccc(OC)cc4OC)cc3C3C(CCCCO)C(CCCCO)C=C(C(=NOC(C)(C)C)CC1N(C)C(=O)OCCOCc1ccccc1)C32. The van der Waals surface area contributed by atoms with Crippen LogP contribution in [0.2, 0.25) is 0 Å². The molecule has 3 aromatic carbocycles. The number of oxime groups is 1. The van der Waals surface area contributed by atoms with Gasteiger partial charge in [0.1, 0.15) is 41.2 Å². The fraction of sp³-hybridized carbons (Fsp3) is 0.510. The average Bonchev–Trinajstić information content (AvgIpc) is 3.31. The van der Waals surface area contributed by atoms with Gasteiger partial charge in [-0.25, -0.2) is 9.59 Å². The summed E-state index contributed by atoms with van der Waals surface area (Å²) in [6.45, 7) is 10.6. The molecule has 6 rings (SSSR count). The molecular formula is C51H67N3O12. The Hall–Kier alpha value is -5.61. The van der Waals surface area contributed by atoms with E-state index in [9.17, 15) is 19.8 Å². The second kappa shape index (κ2) is 23.2. The number of ether oxygens (including phenoxy) is 7. The first-order valence-corrected chi connectivity index (χ1v) is 22.8. The van der Waals surface area contributed by atoms with Crippen molar-refractivity contribution < 1.29 is 57.8 Å². The summed E-state index contributed by atoms with van der Waals surface area (Å²) >= 11 is 0. The van der Waals surface area contributed by atoms with Crippen molar-refractivity contribution in [3.05, 3.63) is 102 Å². The lowest BCUT2D eigenvalue weighted by molar-refractivity contribution is -0.253. The van der Waals surface area contributed by atoms with Gasteiger partial charge >= 0.3 is 12.2 Å². The summed E-state index contributed by atoms with van der Waals surface area (Å²) in [5, 5.41) is 27.5. The molecule has 6 unspecified atom stereocenters. The number of methoxy groups -OCH3 is 2. The van der Waals surface area contributed by atoms with Gasteiger partial charge in [-0.3, -0.25) is 5.32 Å². The van der Waals surface area contributed by atoms with E-state index in [1.54, 1.807) is 50.6 Å². The van der Waals surface area contributed by atoms with Crippen LogP contribution in [-0.4, -0.2) is 105 Å². The van der Waals surface area contributed by atoms with E-state index in [2.05, 4.69) is 18.0 Å². The molecule has 2 amide bonds. The maximum Gasteiger partial charge on any atom is 0.417 e. The molecule has 0 spiro atoms. The zero-order valence-corrected chi connectivity index (χ0v) is 39.2. The van der Waals surface area contributed by atoms with Crippen LogP contribution in [-0.2, 0) is 25.7 Å². The maximum atomic E-state index is 14.2. The van der Waals surface area contributed by atoms with Gasteiger partial charge < -0.3 is 53.1 Å². The molecule has 3 N–H and O–H groups in total. The Labute approximate surface area is 388 Å². The summed E-state index contributed by atoms with van der Waals surface area (Å²) in [6, 6.07) is 19.3. The summed E-state index contributed by atoms with van der Waals surface area (Å²) in [7, 11) is 4.72. The second-order valence-electron chi connectivity index (χ2n) is 17.8. The van der Waals surface area contributed by atoms with Crippen LogP contribution in [0.5, 0.6) is 23.0 Å². The van der Waals surface area contributed by atoms with Crippen molar-refractivity contribution in [2.45, 2.75) is 95.7 Å². The molecule has 15 nitrogen and oxygen atoms in total. The molecule has 0 saturated heterocycles. The fourth-order valence-electron chi connectivity index (χ4n) is 9.31. The van der Waals surface area contributed by atoms with E-state index < -0.39 is 35.5 Å². The third-order valence-electron chi connectivity index (χ3n) is 12.3. The average molecular weight is 914 g/mol. The number of amides is 2. The minimum absolute atomic E-state index is 0.0000696. The van der Waals surface area contributed by atoms with Gasteiger partial charge in [0, 0.05) is 44.2 Å². The largest absolute Gasteiger partial charge is 0.497 e. The first-order chi connectivity index (χ1) is 31.9. The molecule has 1 saturated carbocycles. The molecule has 0 aromatic heterocycles. The Morgan fingerprint density at radius 3 is 2.39 bits per heavy atom. The van der Waals surface area contributed by atoms with Gasteiger partial charge in [0.2, 0.25) is 5.79 Å². The summed E-state index contributed by atoms with van der Waals surface area (Å²) < 4.78 is 42.6. The zero-order valence-electron chi connectivity index (χ0n) is 39.2. The summed E-state index contributed by atoms with van der Waals surface area (Å²) in [4.78, 5) is 35.4. The quantitative estimate of drug-likeness (QED) is 0.0496. The topological polar surface area (TPSA) is 176 Å². The maximum absolute atomic E-state index is 14.2. The lowest BCUT2D eigenvalue weighted by Crippen LogP contribution is -2.69. The number of rotatable bonds is 22. The third kappa shape index (κ3) is 12.0. The molecule has 358 valence electrons. The second-order valence-corrected chi connectivity index (χ2v) is 17.8. The number of hydrogen-bond acceptors (Lipinski definition) is 13. The molecule has 1 aliphatic heterocycles. The Kier molecular flexibility index (Phi) is 17.5. The predicted octanol–water partition coefficient (Wildman–Crippen LogP) is 9.03. The van der Waals surface area contributed by atoms with Crippen LogP contribution in [0, 0.1) is 17.8 Å². The standard InChI is InChI=1S/C51H67N3O12/c1-8-26-63-51-45(54(5)49(58)62-28-27-61-33-34-16-10-9-11-17-34)32-42(53-66-50(2,3)4)39-29-35(18-12-14-24-55)38(19-13-15-25-56)46(47(39)51)40-30-37(21-23-43(40)65-51)64-48(57)52-41-22-20-36(59-6)31-44(41)60-7/h8-11,16-17,20-23,29-31,35,38,45-47,55-56H,1,12-15,18-19,24-28,32-33H2,2-7H3,(H,52,57). The van der Waals surface area contributed by atoms with Crippen LogP contribution in [0.1, 0.15) is 82.8 Å². The van der Waals surface area contributed by atoms with E-state index in [-0.39, 0.29) is 63.0 Å². The van der Waals surface area contributed by atoms with E-state index in [0.717, 1.165) is 42.4 Å². The van der Waals surface area contributed by atoms with Crippen molar-refractivity contribution in [2.75, 3.05) is 59.6 Å². The number of aliphatic hydroxyl groups excluding tert-OH is 2. The fourth-order valence-corrected chi connectivity index (χ4v) is 9.31. The molecule has 0 radical (unpaired) electrons. The van der Waals surface area contributed by atoms with Crippen molar-refractivity contribution in [2.24, 2.45) is 22.9 Å². The first-order valence-electron chi connectivity index (χ1n) is 22.8. The number of nitrogens with one attached hydrogen (secondary N) is 1. The van der Waals surface area contributed by atoms with Gasteiger partial charge in [-0.1, -0.05) is 60.5 Å². The summed E-state index contributed by atoms with van der Waals surface area (Å²) in [5.74, 6) is -0.728. The van der Waals surface area contributed by atoms with Crippen LogP contribution in [0.15, 0.2) is 96.2 Å². The van der Waals surface area contributed by atoms with Crippen LogP contribution in [0.25, 0.3) is 0 Å². The predicted molar refractivity (Wildman–Crippen MR) is 250 cm³/mol. The number of likely N-dealkylation sites (N-methyl/N-ethyl adjacent to an activating group) is 1. The number of carbonyl (C=O) groups is 2. The number of carbonyl (C=O) groups excluding carboxylic acids is 2. The van der Waals surface area contributed by atoms with Gasteiger partial charge in [-0.05, 0) is 99.8 Å². The molecule has 3 aromatic rings. The number of hydrogen-bond donors (Lipinski definition) is 3. The van der Waals surface area contributed by atoms with Crippen molar-refractivity contribution in [3.8, 4) is 23.0 Å².